The molecule has 114 valence electrons. The van der Waals surface area contributed by atoms with Crippen LogP contribution in [0, 0.1) is 6.92 Å². The van der Waals surface area contributed by atoms with Gasteiger partial charge in [0.05, 0.1) is 25.5 Å². The lowest BCUT2D eigenvalue weighted by molar-refractivity contribution is 0.0544. The molecule has 6 nitrogen and oxygen atoms in total. The summed E-state index contributed by atoms with van der Waals surface area (Å²) >= 11 is 0. The average Bonchev–Trinajstić information content (AvgIpc) is 2.89. The van der Waals surface area contributed by atoms with Crippen LogP contribution in [0.2, 0.25) is 0 Å². The fraction of sp³-hybridized carbons (Fsp3) is 0.400. The molecule has 0 unspecified atom stereocenters. The van der Waals surface area contributed by atoms with E-state index in [2.05, 4.69) is 5.10 Å². The van der Waals surface area contributed by atoms with Crippen molar-refractivity contribution in [3.05, 3.63) is 36.2 Å². The molecule has 1 aromatic heterocycles. The van der Waals surface area contributed by atoms with Gasteiger partial charge in [0, 0.05) is 19.4 Å². The Kier molecular flexibility index (Phi) is 5.59. The zero-order valence-corrected chi connectivity index (χ0v) is 12.3. The summed E-state index contributed by atoms with van der Waals surface area (Å²) in [6.07, 6.45) is 1.80. The fourth-order valence-electron chi connectivity index (χ4n) is 1.80. The molecule has 2 rings (SSSR count). The van der Waals surface area contributed by atoms with Crippen LogP contribution in [0.3, 0.4) is 0 Å². The van der Waals surface area contributed by atoms with Gasteiger partial charge in [-0.25, -0.2) is 4.68 Å². The van der Waals surface area contributed by atoms with Crippen molar-refractivity contribution in [3.63, 3.8) is 0 Å². The number of hydrogen-bond donors (Lipinski definition) is 1. The van der Waals surface area contributed by atoms with Gasteiger partial charge in [0.2, 0.25) is 0 Å². The summed E-state index contributed by atoms with van der Waals surface area (Å²) in [5.74, 6) is 0.714. The molecule has 0 saturated heterocycles. The minimum atomic E-state index is 0.121. The first kappa shape index (κ1) is 15.3. The molecule has 2 aromatic rings. The molecule has 0 bridgehead atoms. The number of phenols is 1. The summed E-state index contributed by atoms with van der Waals surface area (Å²) in [5, 5.41) is 14.3. The van der Waals surface area contributed by atoms with Gasteiger partial charge in [0.15, 0.2) is 0 Å². The Balaban J connectivity index is 1.87. The monoisotopic (exact) mass is 292 g/mol. The maximum absolute atomic E-state index is 10.0. The molecule has 1 aromatic carbocycles. The van der Waals surface area contributed by atoms with E-state index >= 15 is 0 Å². The van der Waals surface area contributed by atoms with Crippen molar-refractivity contribution in [3.8, 4) is 17.2 Å². The summed E-state index contributed by atoms with van der Waals surface area (Å²) < 4.78 is 17.3. The summed E-state index contributed by atoms with van der Waals surface area (Å²) in [7, 11) is 1.63. The van der Waals surface area contributed by atoms with Crippen LogP contribution in [0.25, 0.3) is 5.69 Å². The van der Waals surface area contributed by atoms with Crippen molar-refractivity contribution < 1.29 is 19.3 Å². The Labute approximate surface area is 123 Å². The summed E-state index contributed by atoms with van der Waals surface area (Å²) in [4.78, 5) is 0. The zero-order valence-electron chi connectivity index (χ0n) is 12.3. The van der Waals surface area contributed by atoms with Crippen molar-refractivity contribution in [2.75, 3.05) is 33.5 Å². The average molecular weight is 292 g/mol. The summed E-state index contributed by atoms with van der Waals surface area (Å²) in [6.45, 7) is 3.91. The van der Waals surface area contributed by atoms with E-state index in [1.807, 2.05) is 13.0 Å². The third-order valence-corrected chi connectivity index (χ3v) is 2.84. The maximum atomic E-state index is 10.0. The number of ether oxygens (including phenoxy) is 3. The van der Waals surface area contributed by atoms with Gasteiger partial charge in [0.25, 0.3) is 0 Å². The van der Waals surface area contributed by atoms with Crippen molar-refractivity contribution in [1.29, 1.82) is 0 Å². The van der Waals surface area contributed by atoms with E-state index in [1.54, 1.807) is 36.2 Å². The normalized spacial score (nSPS) is 10.8. The van der Waals surface area contributed by atoms with Gasteiger partial charge < -0.3 is 19.3 Å². The number of nitrogens with zero attached hydrogens (tertiary/aromatic N) is 2. The van der Waals surface area contributed by atoms with Crippen LogP contribution in [0.15, 0.2) is 30.5 Å². The molecular formula is C15H20N2O4. The topological polar surface area (TPSA) is 65.7 Å². The quantitative estimate of drug-likeness (QED) is 0.753. The number of methoxy groups -OCH3 is 1. The second-order valence-corrected chi connectivity index (χ2v) is 4.51. The highest BCUT2D eigenvalue weighted by Gasteiger charge is 2.06. The van der Waals surface area contributed by atoms with Crippen LogP contribution in [-0.4, -0.2) is 48.4 Å². The molecular weight excluding hydrogens is 272 g/mol. The number of aromatic nitrogens is 2. The Morgan fingerprint density at radius 1 is 1.14 bits per heavy atom. The molecule has 0 radical (unpaired) electrons. The molecule has 0 aliphatic carbocycles. The van der Waals surface area contributed by atoms with Gasteiger partial charge in [0.1, 0.15) is 23.8 Å². The zero-order chi connectivity index (χ0) is 15.1. The van der Waals surface area contributed by atoms with Gasteiger partial charge in [-0.05, 0) is 25.1 Å². The standard InChI is InChI=1S/C15H20N2O4/c1-12-5-6-17(16-12)14-4-3-13(11-15(14)18)21-10-9-20-8-7-19-2/h3-6,11,18H,7-10H2,1-2H3. The minimum Gasteiger partial charge on any atom is -0.506 e. The van der Waals surface area contributed by atoms with E-state index in [0.29, 0.717) is 37.9 Å². The van der Waals surface area contributed by atoms with Crippen LogP contribution in [0.5, 0.6) is 11.5 Å². The molecule has 6 heteroatoms. The van der Waals surface area contributed by atoms with Crippen LogP contribution in [0.4, 0.5) is 0 Å². The van der Waals surface area contributed by atoms with Crippen LogP contribution >= 0.6 is 0 Å². The molecule has 0 fully saturated rings. The molecule has 0 saturated carbocycles. The highest BCUT2D eigenvalue weighted by atomic mass is 16.5. The molecule has 21 heavy (non-hydrogen) atoms. The number of rotatable bonds is 8. The third-order valence-electron chi connectivity index (χ3n) is 2.84. The molecule has 0 spiro atoms. The lowest BCUT2D eigenvalue weighted by Crippen LogP contribution is -2.10. The summed E-state index contributed by atoms with van der Waals surface area (Å²) in [5.41, 5.74) is 1.51. The van der Waals surface area contributed by atoms with Crippen LogP contribution in [0.1, 0.15) is 5.69 Å². The maximum Gasteiger partial charge on any atom is 0.144 e. The van der Waals surface area contributed by atoms with Gasteiger partial charge >= 0.3 is 0 Å². The predicted molar refractivity (Wildman–Crippen MR) is 78.2 cm³/mol. The first-order valence-corrected chi connectivity index (χ1v) is 6.76. The Morgan fingerprint density at radius 2 is 1.95 bits per heavy atom. The molecule has 0 atom stereocenters. The van der Waals surface area contributed by atoms with E-state index in [1.165, 1.54) is 0 Å². The first-order valence-electron chi connectivity index (χ1n) is 6.76. The first-order chi connectivity index (χ1) is 10.2. The number of hydrogen-bond acceptors (Lipinski definition) is 5. The van der Waals surface area contributed by atoms with Gasteiger partial charge in [-0.2, -0.15) is 5.10 Å². The molecule has 0 amide bonds. The smallest absolute Gasteiger partial charge is 0.144 e. The van der Waals surface area contributed by atoms with E-state index in [4.69, 9.17) is 14.2 Å². The largest absolute Gasteiger partial charge is 0.506 e. The number of aryl methyl sites for hydroxylation is 1. The number of phenolic OH excluding ortho intramolecular Hbond substituents is 1. The van der Waals surface area contributed by atoms with E-state index < -0.39 is 0 Å². The Bertz CT molecular complexity index is 569. The van der Waals surface area contributed by atoms with E-state index in [9.17, 15) is 5.11 Å². The fourth-order valence-corrected chi connectivity index (χ4v) is 1.80. The molecule has 0 aliphatic heterocycles. The Morgan fingerprint density at radius 3 is 2.62 bits per heavy atom. The molecule has 1 heterocycles. The van der Waals surface area contributed by atoms with Crippen molar-refractivity contribution >= 4 is 0 Å². The summed E-state index contributed by atoms with van der Waals surface area (Å²) in [6, 6.07) is 7.01. The van der Waals surface area contributed by atoms with E-state index in [0.717, 1.165) is 5.69 Å². The van der Waals surface area contributed by atoms with Crippen LogP contribution in [-0.2, 0) is 9.47 Å². The van der Waals surface area contributed by atoms with E-state index in [-0.39, 0.29) is 5.75 Å². The second-order valence-electron chi connectivity index (χ2n) is 4.51. The second kappa shape index (κ2) is 7.66. The van der Waals surface area contributed by atoms with Crippen molar-refractivity contribution in [2.24, 2.45) is 0 Å². The lowest BCUT2D eigenvalue weighted by Gasteiger charge is -2.09. The SMILES string of the molecule is COCCOCCOc1ccc(-n2ccc(C)n2)c(O)c1. The highest BCUT2D eigenvalue weighted by molar-refractivity contribution is 5.49. The number of benzene rings is 1. The third kappa shape index (κ3) is 4.47. The molecule has 1 N–H and O–H groups in total. The van der Waals surface area contributed by atoms with Gasteiger partial charge in [-0.3, -0.25) is 0 Å². The van der Waals surface area contributed by atoms with Gasteiger partial charge in [-0.1, -0.05) is 0 Å². The highest BCUT2D eigenvalue weighted by Crippen LogP contribution is 2.26. The van der Waals surface area contributed by atoms with Gasteiger partial charge in [-0.15, -0.1) is 0 Å². The van der Waals surface area contributed by atoms with Crippen LogP contribution < -0.4 is 4.74 Å². The lowest BCUT2D eigenvalue weighted by atomic mass is 10.3. The molecule has 0 aliphatic rings. The van der Waals surface area contributed by atoms with Crippen molar-refractivity contribution in [1.82, 2.24) is 9.78 Å². The Hall–Kier alpha value is -2.05. The predicted octanol–water partition coefficient (Wildman–Crippen LogP) is 1.93. The minimum absolute atomic E-state index is 0.121. The number of aromatic hydroxyl groups is 1. The van der Waals surface area contributed by atoms with Crippen molar-refractivity contribution in [2.45, 2.75) is 6.92 Å².